The van der Waals surface area contributed by atoms with Crippen molar-refractivity contribution in [1.82, 2.24) is 0 Å². The topological polar surface area (TPSA) is 0 Å². The van der Waals surface area contributed by atoms with E-state index in [4.69, 9.17) is 0 Å². The van der Waals surface area contributed by atoms with Crippen molar-refractivity contribution in [2.24, 2.45) is 0 Å². The van der Waals surface area contributed by atoms with E-state index >= 15 is 0 Å². The molecule has 1 aromatic rings. The number of benzene rings is 1. The zero-order valence-corrected chi connectivity index (χ0v) is 6.39. The fraction of sp³-hybridized carbons (Fsp3) is 0.125. The van der Waals surface area contributed by atoms with E-state index in [-0.39, 0.29) is 0 Å². The molecule has 0 N–H and O–H groups in total. The minimum absolute atomic E-state index is 1.24. The molecule has 9 heavy (non-hydrogen) atoms. The summed E-state index contributed by atoms with van der Waals surface area (Å²) < 4.78 is 0. The number of aryl methyl sites for hydroxylation is 1. The lowest BCUT2D eigenvalue weighted by molar-refractivity contribution is 1.46. The first-order valence-electron chi connectivity index (χ1n) is 2.90. The highest BCUT2D eigenvalue weighted by Crippen LogP contribution is 2.03. The maximum absolute atomic E-state index is 3.33. The Morgan fingerprint density at radius 1 is 1.33 bits per heavy atom. The zero-order chi connectivity index (χ0) is 6.69. The van der Waals surface area contributed by atoms with Crippen LogP contribution in [0.3, 0.4) is 0 Å². The smallest absolute Gasteiger partial charge is 0.0187 e. The first kappa shape index (κ1) is 6.51. The van der Waals surface area contributed by atoms with E-state index in [0.717, 1.165) is 0 Å². The van der Waals surface area contributed by atoms with Gasteiger partial charge in [-0.2, -0.15) is 0 Å². The molecule has 1 rings (SSSR count). The van der Waals surface area contributed by atoms with Gasteiger partial charge in [0.1, 0.15) is 0 Å². The Balaban J connectivity index is 3.15. The summed E-state index contributed by atoms with van der Waals surface area (Å²) in [5.41, 5.74) is 2.54. The van der Waals surface area contributed by atoms with Crippen molar-refractivity contribution in [2.75, 3.05) is 0 Å². The lowest BCUT2D eigenvalue weighted by atomic mass is 10.1. The summed E-state index contributed by atoms with van der Waals surface area (Å²) in [5.74, 6) is 1.93. The predicted octanol–water partition coefficient (Wildman–Crippen LogP) is 2.29. The second-order valence-electron chi connectivity index (χ2n) is 2.00. The van der Waals surface area contributed by atoms with Crippen molar-refractivity contribution in [3.63, 3.8) is 0 Å². The second kappa shape index (κ2) is 2.80. The highest BCUT2D eigenvalue weighted by molar-refractivity contribution is 7.19. The Kier molecular flexibility index (Phi) is 2.02. The molecule has 0 fully saturated rings. The van der Waals surface area contributed by atoms with E-state index in [1.807, 2.05) is 17.9 Å². The van der Waals surface area contributed by atoms with Crippen LogP contribution in [0.25, 0.3) is 0 Å². The number of hydrogen-bond donors (Lipinski definition) is 0. The highest BCUT2D eigenvalue weighted by Gasteiger charge is 1.87. The molecule has 1 aromatic carbocycles. The monoisotopic (exact) mass is 136 g/mol. The van der Waals surface area contributed by atoms with Crippen LogP contribution in [0.5, 0.6) is 0 Å². The molecular weight excluding hydrogens is 127 g/mol. The van der Waals surface area contributed by atoms with Gasteiger partial charge in [0.05, 0.1) is 0 Å². The molecule has 0 radical (unpaired) electrons. The molecule has 0 aliphatic rings. The average molecular weight is 136 g/mol. The first-order valence-corrected chi connectivity index (χ1v) is 3.48. The fourth-order valence-corrected chi connectivity index (χ4v) is 1.07. The largest absolute Gasteiger partial charge is 0.122 e. The molecule has 0 unspecified atom stereocenters. The van der Waals surface area contributed by atoms with Crippen LogP contribution < -0.4 is 0 Å². The van der Waals surface area contributed by atoms with Crippen molar-refractivity contribution in [2.45, 2.75) is 6.92 Å². The Hall–Kier alpha value is -0.610. The third-order valence-corrected chi connectivity index (χ3v) is 1.65. The van der Waals surface area contributed by atoms with Crippen LogP contribution >= 0.6 is 8.86 Å². The van der Waals surface area contributed by atoms with Gasteiger partial charge in [0.25, 0.3) is 0 Å². The molecule has 0 nitrogen and oxygen atoms in total. The van der Waals surface area contributed by atoms with Crippen molar-refractivity contribution in [3.05, 3.63) is 35.4 Å². The zero-order valence-electron chi connectivity index (χ0n) is 5.39. The summed E-state index contributed by atoms with van der Waals surface area (Å²) in [6.45, 7) is 2.09. The Bertz CT molecular complexity index is 216. The Labute approximate surface area is 57.7 Å². The predicted molar refractivity (Wildman–Crippen MR) is 44.7 cm³/mol. The summed E-state index contributed by atoms with van der Waals surface area (Å²) in [7, 11) is 3.33. The van der Waals surface area contributed by atoms with Crippen LogP contribution in [0.4, 0.5) is 0 Å². The maximum Gasteiger partial charge on any atom is -0.0187 e. The van der Waals surface area contributed by atoms with E-state index in [9.17, 15) is 0 Å². The quantitative estimate of drug-likeness (QED) is 0.519. The highest BCUT2D eigenvalue weighted by atomic mass is 31.0. The fourth-order valence-electron chi connectivity index (χ4n) is 0.749. The van der Waals surface area contributed by atoms with Gasteiger partial charge in [0.15, 0.2) is 0 Å². The van der Waals surface area contributed by atoms with Crippen LogP contribution in [-0.2, 0) is 0 Å². The molecular formula is C8H9P. The lowest BCUT2D eigenvalue weighted by Crippen LogP contribution is -1.81. The summed E-state index contributed by atoms with van der Waals surface area (Å²) in [5, 5.41) is 0. The number of hydrogen-bond acceptors (Lipinski definition) is 0. The summed E-state index contributed by atoms with van der Waals surface area (Å²) in [6.07, 6.45) is 0. The molecule has 0 bridgehead atoms. The molecule has 0 atom stereocenters. The maximum atomic E-state index is 3.33. The van der Waals surface area contributed by atoms with Gasteiger partial charge in [0, 0.05) is 0 Å². The third-order valence-electron chi connectivity index (χ3n) is 1.34. The van der Waals surface area contributed by atoms with Crippen LogP contribution in [0.2, 0.25) is 0 Å². The summed E-state index contributed by atoms with van der Waals surface area (Å²) in [4.78, 5) is 0. The van der Waals surface area contributed by atoms with Crippen molar-refractivity contribution < 1.29 is 0 Å². The Morgan fingerprint density at radius 3 is 2.44 bits per heavy atom. The van der Waals surface area contributed by atoms with Gasteiger partial charge >= 0.3 is 0 Å². The van der Waals surface area contributed by atoms with Gasteiger partial charge in [-0.1, -0.05) is 24.3 Å². The SMILES string of the molecule is Cc1ccccc1C=P. The van der Waals surface area contributed by atoms with E-state index in [1.54, 1.807) is 0 Å². The summed E-state index contributed by atoms with van der Waals surface area (Å²) in [6, 6.07) is 8.22. The van der Waals surface area contributed by atoms with Gasteiger partial charge in [-0.05, 0) is 23.8 Å². The summed E-state index contributed by atoms with van der Waals surface area (Å²) >= 11 is 0. The van der Waals surface area contributed by atoms with E-state index in [1.165, 1.54) is 11.1 Å². The molecule has 0 spiro atoms. The van der Waals surface area contributed by atoms with Crippen LogP contribution in [0, 0.1) is 6.92 Å². The van der Waals surface area contributed by atoms with Gasteiger partial charge in [0.2, 0.25) is 0 Å². The van der Waals surface area contributed by atoms with Crippen LogP contribution in [0.1, 0.15) is 11.1 Å². The molecule has 0 aliphatic heterocycles. The standard InChI is InChI=1S/C8H9P/c1-7-4-2-3-5-8(7)6-9/h2-6,9H,1H3. The van der Waals surface area contributed by atoms with Crippen molar-refractivity contribution in [3.8, 4) is 0 Å². The Morgan fingerprint density at radius 2 is 2.00 bits per heavy atom. The molecule has 0 aliphatic carbocycles. The normalized spacial score (nSPS) is 9.00. The average Bonchev–Trinajstić information content (AvgIpc) is 1.89. The van der Waals surface area contributed by atoms with Crippen LogP contribution in [-0.4, -0.2) is 5.80 Å². The molecule has 0 aromatic heterocycles. The number of rotatable bonds is 1. The molecule has 46 valence electrons. The van der Waals surface area contributed by atoms with E-state index in [0.29, 0.717) is 0 Å². The lowest BCUT2D eigenvalue weighted by Gasteiger charge is -1.94. The minimum Gasteiger partial charge on any atom is -0.122 e. The molecule has 0 saturated carbocycles. The van der Waals surface area contributed by atoms with Gasteiger partial charge in [-0.3, -0.25) is 0 Å². The molecule has 0 saturated heterocycles. The molecule has 1 heteroatoms. The van der Waals surface area contributed by atoms with Gasteiger partial charge in [-0.15, -0.1) is 8.86 Å². The second-order valence-corrected chi connectivity index (χ2v) is 2.29. The minimum atomic E-state index is 1.24. The third kappa shape index (κ3) is 1.40. The molecule has 0 amide bonds. The van der Waals surface area contributed by atoms with Crippen molar-refractivity contribution in [1.29, 1.82) is 0 Å². The van der Waals surface area contributed by atoms with Crippen LogP contribution in [0.15, 0.2) is 24.3 Å². The van der Waals surface area contributed by atoms with Gasteiger partial charge < -0.3 is 0 Å². The van der Waals surface area contributed by atoms with E-state index in [2.05, 4.69) is 27.9 Å². The van der Waals surface area contributed by atoms with Gasteiger partial charge in [-0.25, -0.2) is 0 Å². The van der Waals surface area contributed by atoms with E-state index < -0.39 is 0 Å². The molecule has 0 heterocycles. The van der Waals surface area contributed by atoms with Crippen molar-refractivity contribution >= 4 is 14.7 Å². The first-order chi connectivity index (χ1) is 4.34.